The molecular weight excluding hydrogens is 646 g/mol. The first-order chi connectivity index (χ1) is 24.8. The molecule has 300 valence electrons. The Kier molecular flexibility index (Phi) is 31.1. The van der Waals surface area contributed by atoms with E-state index in [1.54, 1.807) is 0 Å². The molecule has 1 aliphatic heterocycles. The van der Waals surface area contributed by atoms with Crippen LogP contribution in [0.15, 0.2) is 24.3 Å². The van der Waals surface area contributed by atoms with E-state index in [-0.39, 0.29) is 18.9 Å². The summed E-state index contributed by atoms with van der Waals surface area (Å²) < 4.78 is 11.2. The number of hydrogen-bond acceptors (Lipinski definition) is 8. The maximum Gasteiger partial charge on any atom is 0.220 e. The minimum absolute atomic E-state index is 0.159. The molecule has 1 heterocycles. The Morgan fingerprint density at radius 3 is 1.69 bits per heavy atom. The van der Waals surface area contributed by atoms with Gasteiger partial charge >= 0.3 is 0 Å². The van der Waals surface area contributed by atoms with Crippen molar-refractivity contribution in [1.29, 1.82) is 0 Å². The van der Waals surface area contributed by atoms with Crippen LogP contribution in [0, 0.1) is 0 Å². The molecule has 0 radical (unpaired) electrons. The molecule has 9 nitrogen and oxygen atoms in total. The molecule has 1 fully saturated rings. The van der Waals surface area contributed by atoms with E-state index in [0.717, 1.165) is 32.1 Å². The lowest BCUT2D eigenvalue weighted by molar-refractivity contribution is -0.302. The molecule has 1 amide bonds. The van der Waals surface area contributed by atoms with E-state index in [2.05, 4.69) is 37.4 Å². The first-order valence-electron chi connectivity index (χ1n) is 21.0. The molecule has 0 aliphatic carbocycles. The number of rotatable bonds is 34. The Balaban J connectivity index is 2.42. The van der Waals surface area contributed by atoms with Crippen LogP contribution < -0.4 is 5.32 Å². The molecule has 0 aromatic rings. The predicted octanol–water partition coefficient (Wildman–Crippen LogP) is 7.94. The van der Waals surface area contributed by atoms with Crippen LogP contribution in [0.1, 0.15) is 181 Å². The highest BCUT2D eigenvalue weighted by Crippen LogP contribution is 2.23. The first kappa shape index (κ1) is 47.7. The van der Waals surface area contributed by atoms with Crippen LogP contribution in [0.5, 0.6) is 0 Å². The van der Waals surface area contributed by atoms with E-state index in [9.17, 15) is 30.3 Å². The maximum absolute atomic E-state index is 12.9. The van der Waals surface area contributed by atoms with Crippen LogP contribution in [0.25, 0.3) is 0 Å². The number of allylic oxidation sites excluding steroid dienone is 4. The van der Waals surface area contributed by atoms with E-state index in [1.807, 2.05) is 6.08 Å². The fraction of sp³-hybridized carbons (Fsp3) is 0.881. The summed E-state index contributed by atoms with van der Waals surface area (Å²) in [4.78, 5) is 12.9. The summed E-state index contributed by atoms with van der Waals surface area (Å²) in [6.45, 7) is 3.77. The second kappa shape index (κ2) is 33.3. The number of amides is 1. The number of unbranched alkanes of at least 4 members (excludes halogenated alkanes) is 20. The lowest BCUT2D eigenvalue weighted by Crippen LogP contribution is -2.60. The summed E-state index contributed by atoms with van der Waals surface area (Å²) >= 11 is 0. The average molecular weight is 726 g/mol. The van der Waals surface area contributed by atoms with E-state index in [1.165, 1.54) is 116 Å². The van der Waals surface area contributed by atoms with Crippen molar-refractivity contribution in [1.82, 2.24) is 5.32 Å². The van der Waals surface area contributed by atoms with Crippen molar-refractivity contribution < 1.29 is 39.8 Å². The molecular formula is C42H79NO8. The third-order valence-corrected chi connectivity index (χ3v) is 10.1. The molecule has 7 unspecified atom stereocenters. The van der Waals surface area contributed by atoms with E-state index >= 15 is 0 Å². The highest BCUT2D eigenvalue weighted by molar-refractivity contribution is 5.76. The summed E-state index contributed by atoms with van der Waals surface area (Å²) in [6.07, 6.45) is 30.5. The Hall–Kier alpha value is -1.33. The molecule has 0 aromatic carbocycles. The van der Waals surface area contributed by atoms with Crippen LogP contribution >= 0.6 is 0 Å². The van der Waals surface area contributed by atoms with Gasteiger partial charge in [-0.05, 0) is 32.1 Å². The second-order valence-corrected chi connectivity index (χ2v) is 14.8. The van der Waals surface area contributed by atoms with Gasteiger partial charge in [-0.3, -0.25) is 4.79 Å². The van der Waals surface area contributed by atoms with Gasteiger partial charge in [-0.15, -0.1) is 0 Å². The number of hydrogen-bond donors (Lipinski definition) is 6. The SMILES string of the molecule is CCCCCCCC/C=C\C/C=C\CCC(=O)NC(COC1OC(CO)C(O)C(O)C1O)C(O)CCCCCCCCCCCCCCCCC. The Bertz CT molecular complexity index is 853. The molecule has 9 heteroatoms. The average Bonchev–Trinajstić information content (AvgIpc) is 3.13. The zero-order valence-electron chi connectivity index (χ0n) is 32.6. The number of carbonyl (C=O) groups excluding carboxylic acids is 1. The van der Waals surface area contributed by atoms with E-state index < -0.39 is 49.5 Å². The van der Waals surface area contributed by atoms with Gasteiger partial charge in [-0.2, -0.15) is 0 Å². The Morgan fingerprint density at radius 2 is 1.16 bits per heavy atom. The van der Waals surface area contributed by atoms with E-state index in [4.69, 9.17) is 9.47 Å². The van der Waals surface area contributed by atoms with E-state index in [0.29, 0.717) is 12.8 Å². The van der Waals surface area contributed by atoms with Crippen LogP contribution in [0.3, 0.4) is 0 Å². The van der Waals surface area contributed by atoms with Crippen molar-refractivity contribution in [2.75, 3.05) is 13.2 Å². The molecule has 0 aromatic heterocycles. The maximum atomic E-state index is 12.9. The topological polar surface area (TPSA) is 149 Å². The third-order valence-electron chi connectivity index (χ3n) is 10.1. The van der Waals surface area contributed by atoms with Gasteiger partial charge in [0.15, 0.2) is 6.29 Å². The molecule has 51 heavy (non-hydrogen) atoms. The molecule has 1 rings (SSSR count). The molecule has 7 atom stereocenters. The molecule has 0 spiro atoms. The Morgan fingerprint density at radius 1 is 0.667 bits per heavy atom. The zero-order chi connectivity index (χ0) is 37.4. The van der Waals surface area contributed by atoms with Crippen molar-refractivity contribution in [2.24, 2.45) is 0 Å². The number of aliphatic hydroxyl groups is 5. The molecule has 0 saturated carbocycles. The van der Waals surface area contributed by atoms with Gasteiger partial charge < -0.3 is 40.3 Å². The summed E-state index contributed by atoms with van der Waals surface area (Å²) in [6, 6.07) is -0.745. The number of carbonyl (C=O) groups is 1. The van der Waals surface area contributed by atoms with Crippen LogP contribution in [0.4, 0.5) is 0 Å². The minimum atomic E-state index is -1.56. The lowest BCUT2D eigenvalue weighted by atomic mass is 9.99. The van der Waals surface area contributed by atoms with Crippen molar-refractivity contribution in [3.63, 3.8) is 0 Å². The second-order valence-electron chi connectivity index (χ2n) is 14.8. The van der Waals surface area contributed by atoms with Gasteiger partial charge in [-0.1, -0.05) is 167 Å². The summed E-state index contributed by atoms with van der Waals surface area (Å²) in [7, 11) is 0. The van der Waals surface area contributed by atoms with Crippen LogP contribution in [0.2, 0.25) is 0 Å². The summed E-state index contributed by atoms with van der Waals surface area (Å²) in [5, 5.41) is 54.1. The smallest absolute Gasteiger partial charge is 0.220 e. The highest BCUT2D eigenvalue weighted by atomic mass is 16.7. The fourth-order valence-electron chi connectivity index (χ4n) is 6.62. The van der Waals surface area contributed by atoms with Gasteiger partial charge in [0.1, 0.15) is 24.4 Å². The van der Waals surface area contributed by atoms with Crippen molar-refractivity contribution in [2.45, 2.75) is 224 Å². The molecule has 0 bridgehead atoms. The molecule has 1 saturated heterocycles. The van der Waals surface area contributed by atoms with Crippen LogP contribution in [-0.2, 0) is 14.3 Å². The standard InChI is InChI=1S/C42H79NO8/c1-3-5-7-9-11-13-15-17-18-20-21-23-25-27-29-31-36(45)35(34-50-42-41(49)40(48)39(47)37(33-44)51-42)43-38(46)32-30-28-26-24-22-19-16-14-12-10-8-6-4-2/h19,22,26,28,35-37,39-42,44-45,47-49H,3-18,20-21,23-25,27,29-34H2,1-2H3,(H,43,46)/b22-19-,28-26-. The fourth-order valence-corrected chi connectivity index (χ4v) is 6.62. The zero-order valence-corrected chi connectivity index (χ0v) is 32.6. The third kappa shape index (κ3) is 24.6. The van der Waals surface area contributed by atoms with Crippen molar-refractivity contribution >= 4 is 5.91 Å². The quantitative estimate of drug-likeness (QED) is 0.0289. The normalized spacial score (nSPS) is 22.2. The molecule has 1 aliphatic rings. The number of ether oxygens (including phenoxy) is 2. The molecule has 6 N–H and O–H groups in total. The van der Waals surface area contributed by atoms with Crippen molar-refractivity contribution in [3.8, 4) is 0 Å². The summed E-state index contributed by atoms with van der Waals surface area (Å²) in [5.41, 5.74) is 0. The van der Waals surface area contributed by atoms with Gasteiger partial charge in [0.25, 0.3) is 0 Å². The Labute approximate surface area is 311 Å². The van der Waals surface area contributed by atoms with Gasteiger partial charge in [-0.25, -0.2) is 0 Å². The van der Waals surface area contributed by atoms with Crippen LogP contribution in [-0.4, -0.2) is 87.5 Å². The van der Waals surface area contributed by atoms with Gasteiger partial charge in [0.2, 0.25) is 5.91 Å². The van der Waals surface area contributed by atoms with Crippen molar-refractivity contribution in [3.05, 3.63) is 24.3 Å². The minimum Gasteiger partial charge on any atom is -0.394 e. The number of nitrogens with one attached hydrogen (secondary N) is 1. The highest BCUT2D eigenvalue weighted by Gasteiger charge is 2.44. The monoisotopic (exact) mass is 726 g/mol. The lowest BCUT2D eigenvalue weighted by Gasteiger charge is -2.40. The van der Waals surface area contributed by atoms with Gasteiger partial charge in [0.05, 0.1) is 25.4 Å². The largest absolute Gasteiger partial charge is 0.394 e. The number of aliphatic hydroxyl groups excluding tert-OH is 5. The predicted molar refractivity (Wildman–Crippen MR) is 207 cm³/mol. The van der Waals surface area contributed by atoms with Gasteiger partial charge in [0, 0.05) is 6.42 Å². The first-order valence-corrected chi connectivity index (χ1v) is 21.0. The summed E-state index contributed by atoms with van der Waals surface area (Å²) in [5.74, 6) is -0.212.